The minimum atomic E-state index is 0.423. The number of anilines is 1. The van der Waals surface area contributed by atoms with E-state index in [1.807, 2.05) is 13.1 Å². The lowest BCUT2D eigenvalue weighted by atomic mass is 10.2. The fourth-order valence-corrected chi connectivity index (χ4v) is 2.75. The lowest BCUT2D eigenvalue weighted by Gasteiger charge is -2.11. The first-order valence-electron chi connectivity index (χ1n) is 6.17. The Labute approximate surface area is 142 Å². The first-order chi connectivity index (χ1) is 10.1. The van der Waals surface area contributed by atoms with Crippen molar-refractivity contribution in [2.75, 3.05) is 26.6 Å². The van der Waals surface area contributed by atoms with Crippen molar-refractivity contribution < 1.29 is 9.47 Å². The predicted molar refractivity (Wildman–Crippen MR) is 92.0 cm³/mol. The number of hydrogen-bond acceptors (Lipinski definition) is 5. The third kappa shape index (κ3) is 3.56. The van der Waals surface area contributed by atoms with Gasteiger partial charge in [-0.05, 0) is 40.8 Å². The van der Waals surface area contributed by atoms with E-state index in [4.69, 9.17) is 21.1 Å². The van der Waals surface area contributed by atoms with E-state index in [1.165, 1.54) is 0 Å². The maximum Gasteiger partial charge on any atom is 0.161 e. The summed E-state index contributed by atoms with van der Waals surface area (Å²) in [4.78, 5) is 9.07. The Morgan fingerprint density at radius 1 is 1.29 bits per heavy atom. The Bertz CT molecular complexity index is 652. The molecule has 0 unspecified atom stereocenters. The number of nitrogens with one attached hydrogen (secondary N) is 1. The van der Waals surface area contributed by atoms with Gasteiger partial charge in [0.15, 0.2) is 5.82 Å². The monoisotopic (exact) mass is 419 g/mol. The quantitative estimate of drug-likeness (QED) is 0.751. The van der Waals surface area contributed by atoms with Gasteiger partial charge in [-0.1, -0.05) is 11.6 Å². The number of ether oxygens (including phenoxy) is 2. The summed E-state index contributed by atoms with van der Waals surface area (Å²) in [5.74, 6) is 1.98. The second-order valence-corrected chi connectivity index (χ2v) is 5.67. The predicted octanol–water partition coefficient (Wildman–Crippen LogP) is 3.60. The van der Waals surface area contributed by atoms with Gasteiger partial charge in [-0.3, -0.25) is 0 Å². The van der Waals surface area contributed by atoms with Gasteiger partial charge in [-0.25, -0.2) is 9.97 Å². The molecule has 0 aliphatic carbocycles. The van der Waals surface area contributed by atoms with E-state index in [0.717, 1.165) is 20.6 Å². The first kappa shape index (κ1) is 16.3. The minimum absolute atomic E-state index is 0.423. The van der Waals surface area contributed by atoms with Gasteiger partial charge in [0.2, 0.25) is 0 Å². The molecule has 2 aromatic rings. The Kier molecular flexibility index (Phi) is 5.60. The molecule has 0 aliphatic rings. The van der Waals surface area contributed by atoms with Crippen molar-refractivity contribution in [2.24, 2.45) is 0 Å². The highest BCUT2D eigenvalue weighted by Gasteiger charge is 2.13. The summed E-state index contributed by atoms with van der Waals surface area (Å²) in [6.07, 6.45) is 0. The van der Waals surface area contributed by atoms with Crippen LogP contribution in [0.1, 0.15) is 5.69 Å². The molecular formula is C14H15ClIN3O2. The molecule has 2 rings (SSSR count). The van der Waals surface area contributed by atoms with Gasteiger partial charge >= 0.3 is 0 Å². The second kappa shape index (κ2) is 7.24. The Balaban J connectivity index is 2.52. The van der Waals surface area contributed by atoms with Gasteiger partial charge < -0.3 is 14.8 Å². The number of nitrogens with zero attached hydrogens (tertiary/aromatic N) is 2. The number of methoxy groups -OCH3 is 2. The smallest absolute Gasteiger partial charge is 0.161 e. The Morgan fingerprint density at radius 2 is 2.05 bits per heavy atom. The average Bonchev–Trinajstić information content (AvgIpc) is 2.49. The summed E-state index contributed by atoms with van der Waals surface area (Å²) in [6.45, 7) is 0.423. The van der Waals surface area contributed by atoms with Crippen molar-refractivity contribution in [3.63, 3.8) is 0 Å². The van der Waals surface area contributed by atoms with Crippen molar-refractivity contribution in [3.05, 3.63) is 32.5 Å². The highest BCUT2D eigenvalue weighted by Crippen LogP contribution is 2.30. The van der Waals surface area contributed by atoms with Gasteiger partial charge in [0.1, 0.15) is 11.6 Å². The summed E-state index contributed by atoms with van der Waals surface area (Å²) >= 11 is 8.37. The zero-order valence-corrected chi connectivity index (χ0v) is 14.8. The van der Waals surface area contributed by atoms with Crippen molar-refractivity contribution in [3.8, 4) is 17.1 Å². The van der Waals surface area contributed by atoms with Crippen LogP contribution in [0, 0.1) is 3.57 Å². The summed E-state index contributed by atoms with van der Waals surface area (Å²) in [7, 11) is 5.05. The highest BCUT2D eigenvalue weighted by atomic mass is 127. The van der Waals surface area contributed by atoms with Crippen LogP contribution in [0.25, 0.3) is 11.4 Å². The maximum atomic E-state index is 6.16. The van der Waals surface area contributed by atoms with Gasteiger partial charge in [0, 0.05) is 19.7 Å². The third-order valence-corrected chi connectivity index (χ3v) is 4.28. The summed E-state index contributed by atoms with van der Waals surface area (Å²) in [5.41, 5.74) is 1.66. The van der Waals surface area contributed by atoms with Crippen LogP contribution in [0.2, 0.25) is 5.02 Å². The van der Waals surface area contributed by atoms with Crippen molar-refractivity contribution in [1.29, 1.82) is 0 Å². The average molecular weight is 420 g/mol. The topological polar surface area (TPSA) is 56.3 Å². The van der Waals surface area contributed by atoms with Crippen LogP contribution in [-0.2, 0) is 11.3 Å². The van der Waals surface area contributed by atoms with Crippen LogP contribution in [0.3, 0.4) is 0 Å². The second-order valence-electron chi connectivity index (χ2n) is 4.19. The molecule has 0 amide bonds. The molecule has 0 atom stereocenters. The van der Waals surface area contributed by atoms with E-state index in [1.54, 1.807) is 26.4 Å². The number of hydrogen-bond donors (Lipinski definition) is 1. The molecule has 0 saturated carbocycles. The van der Waals surface area contributed by atoms with E-state index < -0.39 is 0 Å². The lowest BCUT2D eigenvalue weighted by Crippen LogP contribution is -2.06. The van der Waals surface area contributed by atoms with Gasteiger partial charge in [0.05, 0.1) is 28.0 Å². The normalized spacial score (nSPS) is 10.5. The maximum absolute atomic E-state index is 6.16. The number of halogens is 2. The molecule has 0 saturated heterocycles. The highest BCUT2D eigenvalue weighted by molar-refractivity contribution is 14.1. The SMILES string of the molecule is CNc1nc(-c2ccc(OC)c(Cl)c2)nc(COC)c1I. The largest absolute Gasteiger partial charge is 0.495 e. The van der Waals surface area contributed by atoms with Gasteiger partial charge in [0.25, 0.3) is 0 Å². The molecule has 1 aromatic carbocycles. The number of benzene rings is 1. The molecule has 112 valence electrons. The minimum Gasteiger partial charge on any atom is -0.495 e. The molecule has 1 heterocycles. The zero-order valence-electron chi connectivity index (χ0n) is 11.9. The molecule has 0 bridgehead atoms. The van der Waals surface area contributed by atoms with Crippen LogP contribution in [-0.4, -0.2) is 31.2 Å². The van der Waals surface area contributed by atoms with Gasteiger partial charge in [-0.15, -0.1) is 0 Å². The van der Waals surface area contributed by atoms with Gasteiger partial charge in [-0.2, -0.15) is 0 Å². The molecule has 5 nitrogen and oxygen atoms in total. The molecule has 0 fully saturated rings. The van der Waals surface area contributed by atoms with E-state index in [9.17, 15) is 0 Å². The third-order valence-electron chi connectivity index (χ3n) is 2.85. The van der Waals surface area contributed by atoms with Crippen LogP contribution < -0.4 is 10.1 Å². The lowest BCUT2D eigenvalue weighted by molar-refractivity contribution is 0.181. The van der Waals surface area contributed by atoms with Crippen LogP contribution in [0.5, 0.6) is 5.75 Å². The number of rotatable bonds is 5. The standard InChI is InChI=1S/C14H15ClIN3O2/c1-17-14-12(16)10(7-20-2)18-13(19-14)8-4-5-11(21-3)9(15)6-8/h4-6H,7H2,1-3H3,(H,17,18,19). The molecule has 1 N–H and O–H groups in total. The zero-order chi connectivity index (χ0) is 15.4. The first-order valence-corrected chi connectivity index (χ1v) is 7.63. The molecule has 0 radical (unpaired) electrons. The van der Waals surface area contributed by atoms with E-state index >= 15 is 0 Å². The molecule has 1 aromatic heterocycles. The fraction of sp³-hybridized carbons (Fsp3) is 0.286. The summed E-state index contributed by atoms with van der Waals surface area (Å²) < 4.78 is 11.3. The Hall–Kier alpha value is -1.12. The number of aromatic nitrogens is 2. The van der Waals surface area contributed by atoms with Crippen molar-refractivity contribution >= 4 is 40.0 Å². The van der Waals surface area contributed by atoms with E-state index in [-0.39, 0.29) is 0 Å². The molecule has 0 aliphatic heterocycles. The molecule has 0 spiro atoms. The van der Waals surface area contributed by atoms with E-state index in [2.05, 4.69) is 37.9 Å². The van der Waals surface area contributed by atoms with Crippen molar-refractivity contribution in [1.82, 2.24) is 9.97 Å². The van der Waals surface area contributed by atoms with Crippen LogP contribution in [0.4, 0.5) is 5.82 Å². The van der Waals surface area contributed by atoms with Crippen LogP contribution in [0.15, 0.2) is 18.2 Å². The summed E-state index contributed by atoms with van der Waals surface area (Å²) in [6, 6.07) is 5.47. The Morgan fingerprint density at radius 3 is 2.62 bits per heavy atom. The molecule has 21 heavy (non-hydrogen) atoms. The molecular weight excluding hydrogens is 405 g/mol. The van der Waals surface area contributed by atoms with Crippen LogP contribution >= 0.6 is 34.2 Å². The molecule has 7 heteroatoms. The fourth-order valence-electron chi connectivity index (χ4n) is 1.83. The summed E-state index contributed by atoms with van der Waals surface area (Å²) in [5, 5.41) is 3.59. The van der Waals surface area contributed by atoms with Crippen molar-refractivity contribution in [2.45, 2.75) is 6.61 Å². The van der Waals surface area contributed by atoms with E-state index in [0.29, 0.717) is 23.2 Å².